The average Bonchev–Trinajstić information content (AvgIpc) is 2.81. The third-order valence-corrected chi connectivity index (χ3v) is 5.85. The molecular formula is C23H21F4N3O4. The zero-order chi connectivity index (χ0) is 24.5. The van der Waals surface area contributed by atoms with Crippen LogP contribution in [0.15, 0.2) is 42.5 Å². The Labute approximate surface area is 192 Å². The van der Waals surface area contributed by atoms with Gasteiger partial charge in [0.15, 0.2) is 6.61 Å². The number of carbonyl (C=O) groups excluding carboxylic acids is 3. The minimum Gasteiger partial charge on any atom is -0.455 e. The fourth-order valence-corrected chi connectivity index (χ4v) is 4.07. The number of ether oxygens (including phenoxy) is 1. The van der Waals surface area contributed by atoms with E-state index in [0.29, 0.717) is 24.3 Å². The van der Waals surface area contributed by atoms with Gasteiger partial charge in [0, 0.05) is 44.0 Å². The summed E-state index contributed by atoms with van der Waals surface area (Å²) < 4.78 is 57.5. The average molecular weight is 479 g/mol. The van der Waals surface area contributed by atoms with Crippen LogP contribution in [0.2, 0.25) is 0 Å². The molecule has 2 aromatic carbocycles. The summed E-state index contributed by atoms with van der Waals surface area (Å²) in [7, 11) is 0. The van der Waals surface area contributed by atoms with E-state index in [0.717, 1.165) is 18.2 Å². The van der Waals surface area contributed by atoms with E-state index in [-0.39, 0.29) is 25.2 Å². The van der Waals surface area contributed by atoms with Crippen molar-refractivity contribution in [3.63, 3.8) is 0 Å². The summed E-state index contributed by atoms with van der Waals surface area (Å²) in [6.07, 6.45) is -4.62. The van der Waals surface area contributed by atoms with Crippen LogP contribution < -0.4 is 10.2 Å². The van der Waals surface area contributed by atoms with E-state index in [1.54, 1.807) is 11.0 Å². The van der Waals surface area contributed by atoms with Crippen molar-refractivity contribution in [2.75, 3.05) is 43.0 Å². The first-order valence-corrected chi connectivity index (χ1v) is 10.6. The Hall–Kier alpha value is -3.63. The molecular weight excluding hydrogens is 458 g/mol. The van der Waals surface area contributed by atoms with E-state index in [2.05, 4.69) is 5.32 Å². The Kier molecular flexibility index (Phi) is 6.45. The second-order valence-electron chi connectivity index (χ2n) is 8.06. The predicted octanol–water partition coefficient (Wildman–Crippen LogP) is 3.16. The minimum absolute atomic E-state index is 0.179. The highest BCUT2D eigenvalue weighted by Gasteiger charge is 2.34. The quantitative estimate of drug-likeness (QED) is 0.539. The van der Waals surface area contributed by atoms with Crippen molar-refractivity contribution in [2.24, 2.45) is 0 Å². The van der Waals surface area contributed by atoms with Crippen LogP contribution in [0.3, 0.4) is 0 Å². The normalized spacial score (nSPS) is 18.2. The van der Waals surface area contributed by atoms with Crippen molar-refractivity contribution in [1.29, 1.82) is 0 Å². The molecule has 2 aliphatic rings. The zero-order valence-electron chi connectivity index (χ0n) is 17.9. The van der Waals surface area contributed by atoms with Gasteiger partial charge >= 0.3 is 12.1 Å². The number of anilines is 2. The Morgan fingerprint density at radius 2 is 1.79 bits per heavy atom. The number of nitrogens with one attached hydrogen (secondary N) is 1. The maximum Gasteiger partial charge on any atom is 0.416 e. The maximum absolute atomic E-state index is 13.4. The molecule has 7 nitrogen and oxygen atoms in total. The zero-order valence-corrected chi connectivity index (χ0v) is 17.9. The molecule has 0 saturated carbocycles. The van der Waals surface area contributed by atoms with Gasteiger partial charge in [0.05, 0.1) is 11.5 Å². The summed E-state index contributed by atoms with van der Waals surface area (Å²) in [5, 5.41) is 2.50. The lowest BCUT2D eigenvalue weighted by Crippen LogP contribution is -2.50. The molecule has 2 aromatic rings. The number of benzene rings is 2. The van der Waals surface area contributed by atoms with Gasteiger partial charge < -0.3 is 19.9 Å². The third kappa shape index (κ3) is 5.13. The summed E-state index contributed by atoms with van der Waals surface area (Å²) >= 11 is 0. The summed E-state index contributed by atoms with van der Waals surface area (Å²) in [4.78, 5) is 40.2. The summed E-state index contributed by atoms with van der Waals surface area (Å²) in [5.41, 5.74) is 0.276. The number of nitrogens with zero attached hydrogens (tertiary/aromatic N) is 2. The van der Waals surface area contributed by atoms with E-state index in [1.807, 2.05) is 0 Å². The van der Waals surface area contributed by atoms with E-state index >= 15 is 0 Å². The van der Waals surface area contributed by atoms with Gasteiger partial charge in [0.25, 0.3) is 5.91 Å². The fourth-order valence-electron chi connectivity index (χ4n) is 4.07. The maximum atomic E-state index is 13.4. The topological polar surface area (TPSA) is 79.0 Å². The Balaban J connectivity index is 1.31. The lowest BCUT2D eigenvalue weighted by molar-refractivity contribution is -0.154. The van der Waals surface area contributed by atoms with Gasteiger partial charge in [-0.15, -0.1) is 0 Å². The van der Waals surface area contributed by atoms with Crippen LogP contribution in [-0.4, -0.2) is 55.5 Å². The molecule has 0 radical (unpaired) electrons. The van der Waals surface area contributed by atoms with Gasteiger partial charge in [-0.1, -0.05) is 12.1 Å². The number of fused-ring (bicyclic) bond motifs is 1. The standard InChI is InChI=1S/C23H21F4N3O4/c24-15-4-5-17-18(12-20(31)28-19(17)11-15)22(33)34-13-21(32)30-8-6-29(7-9-30)16-3-1-2-14(10-16)23(25,26)27/h1-5,10-11,18H,6-9,12-13H2,(H,28,31). The van der Waals surface area contributed by atoms with E-state index in [4.69, 9.17) is 4.74 Å². The van der Waals surface area contributed by atoms with E-state index < -0.39 is 47.9 Å². The monoisotopic (exact) mass is 479 g/mol. The molecule has 0 spiro atoms. The molecule has 1 unspecified atom stereocenters. The molecule has 11 heteroatoms. The third-order valence-electron chi connectivity index (χ3n) is 5.85. The van der Waals surface area contributed by atoms with Crippen molar-refractivity contribution in [3.8, 4) is 0 Å². The number of hydrogen-bond donors (Lipinski definition) is 1. The number of alkyl halides is 3. The molecule has 1 N–H and O–H groups in total. The summed E-state index contributed by atoms with van der Waals surface area (Å²) in [6, 6.07) is 8.68. The molecule has 1 saturated heterocycles. The molecule has 2 aliphatic heterocycles. The molecule has 0 bridgehead atoms. The van der Waals surface area contributed by atoms with Crippen molar-refractivity contribution in [3.05, 3.63) is 59.4 Å². The van der Waals surface area contributed by atoms with E-state index in [9.17, 15) is 31.9 Å². The van der Waals surface area contributed by atoms with Crippen molar-refractivity contribution >= 4 is 29.2 Å². The van der Waals surface area contributed by atoms with Crippen LogP contribution in [0.1, 0.15) is 23.5 Å². The molecule has 0 aliphatic carbocycles. The minimum atomic E-state index is -4.44. The van der Waals surface area contributed by atoms with Gasteiger partial charge in [-0.05, 0) is 35.9 Å². The number of rotatable bonds is 4. The van der Waals surface area contributed by atoms with Gasteiger partial charge in [-0.3, -0.25) is 14.4 Å². The largest absolute Gasteiger partial charge is 0.455 e. The number of carbonyl (C=O) groups is 3. The molecule has 34 heavy (non-hydrogen) atoms. The molecule has 4 rings (SSSR count). The Morgan fingerprint density at radius 3 is 2.50 bits per heavy atom. The van der Waals surface area contributed by atoms with E-state index in [1.165, 1.54) is 23.1 Å². The highest BCUT2D eigenvalue weighted by atomic mass is 19.4. The molecule has 0 aromatic heterocycles. The number of piperazine rings is 1. The first kappa shape index (κ1) is 23.5. The van der Waals surface area contributed by atoms with Gasteiger partial charge in [0.2, 0.25) is 5.91 Å². The van der Waals surface area contributed by atoms with Crippen LogP contribution in [0.4, 0.5) is 28.9 Å². The van der Waals surface area contributed by atoms with Gasteiger partial charge in [-0.25, -0.2) is 4.39 Å². The van der Waals surface area contributed by atoms with Crippen LogP contribution in [0.25, 0.3) is 0 Å². The molecule has 1 fully saturated rings. The molecule has 1 atom stereocenters. The smallest absolute Gasteiger partial charge is 0.416 e. The van der Waals surface area contributed by atoms with Crippen LogP contribution in [0.5, 0.6) is 0 Å². The Morgan fingerprint density at radius 1 is 1.06 bits per heavy atom. The lowest BCUT2D eigenvalue weighted by Gasteiger charge is -2.36. The first-order chi connectivity index (χ1) is 16.1. The van der Waals surface area contributed by atoms with Crippen LogP contribution >= 0.6 is 0 Å². The summed E-state index contributed by atoms with van der Waals surface area (Å²) in [6.45, 7) is 0.615. The first-order valence-electron chi connectivity index (χ1n) is 10.6. The Bertz CT molecular complexity index is 1110. The van der Waals surface area contributed by atoms with Crippen molar-refractivity contribution in [1.82, 2.24) is 4.90 Å². The highest BCUT2D eigenvalue weighted by molar-refractivity contribution is 6.00. The SMILES string of the molecule is O=C1CC(C(=O)OCC(=O)N2CCN(c3cccc(C(F)(F)F)c3)CC2)c2ccc(F)cc2N1. The van der Waals surface area contributed by atoms with Crippen LogP contribution in [-0.2, 0) is 25.3 Å². The second-order valence-corrected chi connectivity index (χ2v) is 8.06. The van der Waals surface area contributed by atoms with Crippen molar-refractivity contribution in [2.45, 2.75) is 18.5 Å². The predicted molar refractivity (Wildman–Crippen MR) is 114 cm³/mol. The summed E-state index contributed by atoms with van der Waals surface area (Å²) in [5.74, 6) is -3.19. The number of halogens is 4. The second kappa shape index (κ2) is 9.32. The lowest BCUT2D eigenvalue weighted by atomic mass is 9.90. The van der Waals surface area contributed by atoms with Crippen molar-refractivity contribution < 1.29 is 36.7 Å². The fraction of sp³-hybridized carbons (Fsp3) is 0.348. The number of amides is 2. The number of esters is 1. The molecule has 180 valence electrons. The van der Waals surface area contributed by atoms with Crippen LogP contribution in [0, 0.1) is 5.82 Å². The number of hydrogen-bond acceptors (Lipinski definition) is 5. The van der Waals surface area contributed by atoms with Gasteiger partial charge in [0.1, 0.15) is 5.82 Å². The molecule has 2 heterocycles. The van der Waals surface area contributed by atoms with Gasteiger partial charge in [-0.2, -0.15) is 13.2 Å². The highest BCUT2D eigenvalue weighted by Crippen LogP contribution is 2.34. The molecule has 2 amide bonds.